The number of rotatable bonds is 4. The lowest BCUT2D eigenvalue weighted by Crippen LogP contribution is -2.56. The summed E-state index contributed by atoms with van der Waals surface area (Å²) in [7, 11) is 3.83. The number of methoxy groups -OCH3 is 1. The van der Waals surface area contributed by atoms with Crippen molar-refractivity contribution in [1.29, 1.82) is 0 Å². The molecular weight excluding hydrogens is 226 g/mol. The molecule has 3 N–H and O–H groups in total. The minimum atomic E-state index is 0.00158. The number of nitrogens with two attached hydrogens (primary N) is 1. The van der Waals surface area contributed by atoms with Gasteiger partial charge < -0.3 is 20.7 Å². The van der Waals surface area contributed by atoms with E-state index in [2.05, 4.69) is 17.3 Å². The molecule has 100 valence electrons. The maximum absolute atomic E-state index is 5.99. The molecule has 1 aliphatic heterocycles. The Labute approximate surface area is 109 Å². The lowest BCUT2D eigenvalue weighted by atomic mass is 9.89. The number of likely N-dealkylation sites (tertiary alicyclic amines) is 1. The molecule has 1 aromatic rings. The van der Waals surface area contributed by atoms with E-state index < -0.39 is 0 Å². The summed E-state index contributed by atoms with van der Waals surface area (Å²) in [4.78, 5) is 2.34. The van der Waals surface area contributed by atoms with Crippen molar-refractivity contribution < 1.29 is 4.74 Å². The van der Waals surface area contributed by atoms with Crippen LogP contribution in [0.1, 0.15) is 12.8 Å². The third-order valence-corrected chi connectivity index (χ3v) is 3.66. The first kappa shape index (κ1) is 13.2. The molecule has 1 heterocycles. The molecule has 0 aromatic heterocycles. The summed E-state index contributed by atoms with van der Waals surface area (Å²) in [5.41, 5.74) is 7.10. The summed E-state index contributed by atoms with van der Waals surface area (Å²) >= 11 is 0. The molecule has 2 rings (SSSR count). The number of anilines is 1. The van der Waals surface area contributed by atoms with Gasteiger partial charge in [0.1, 0.15) is 5.75 Å². The fourth-order valence-corrected chi connectivity index (χ4v) is 2.66. The van der Waals surface area contributed by atoms with Gasteiger partial charge in [-0.1, -0.05) is 0 Å². The number of hydrogen-bond donors (Lipinski definition) is 2. The molecule has 1 atom stereocenters. The van der Waals surface area contributed by atoms with Crippen LogP contribution in [0.2, 0.25) is 0 Å². The van der Waals surface area contributed by atoms with Crippen LogP contribution < -0.4 is 15.8 Å². The predicted octanol–water partition coefficient (Wildman–Crippen LogP) is 1.53. The highest BCUT2D eigenvalue weighted by Crippen LogP contribution is 2.25. The SMILES string of the molecule is COc1ccc(NC2(CN)CCCN(C)C2)cc1. The summed E-state index contributed by atoms with van der Waals surface area (Å²) in [6, 6.07) is 8.04. The molecule has 0 aliphatic carbocycles. The number of likely N-dealkylation sites (N-methyl/N-ethyl adjacent to an activating group) is 1. The lowest BCUT2D eigenvalue weighted by molar-refractivity contribution is 0.198. The Morgan fingerprint density at radius 2 is 2.11 bits per heavy atom. The van der Waals surface area contributed by atoms with Crippen molar-refractivity contribution in [2.45, 2.75) is 18.4 Å². The van der Waals surface area contributed by atoms with E-state index in [0.29, 0.717) is 6.54 Å². The number of piperidine rings is 1. The van der Waals surface area contributed by atoms with E-state index in [1.165, 1.54) is 6.42 Å². The molecule has 1 saturated heterocycles. The van der Waals surface area contributed by atoms with Crippen LogP contribution >= 0.6 is 0 Å². The van der Waals surface area contributed by atoms with E-state index in [1.807, 2.05) is 24.3 Å². The maximum atomic E-state index is 5.99. The Balaban J connectivity index is 2.08. The molecule has 1 aliphatic rings. The number of hydrogen-bond acceptors (Lipinski definition) is 4. The molecule has 0 spiro atoms. The second-order valence-electron chi connectivity index (χ2n) is 5.18. The third kappa shape index (κ3) is 2.94. The predicted molar refractivity (Wildman–Crippen MR) is 75.1 cm³/mol. The van der Waals surface area contributed by atoms with Gasteiger partial charge in [0.05, 0.1) is 12.6 Å². The fourth-order valence-electron chi connectivity index (χ4n) is 2.66. The second-order valence-corrected chi connectivity index (χ2v) is 5.18. The van der Waals surface area contributed by atoms with Crippen molar-refractivity contribution in [2.75, 3.05) is 39.1 Å². The maximum Gasteiger partial charge on any atom is 0.119 e. The van der Waals surface area contributed by atoms with Crippen molar-refractivity contribution in [2.24, 2.45) is 5.73 Å². The van der Waals surface area contributed by atoms with E-state index in [0.717, 1.165) is 30.9 Å². The van der Waals surface area contributed by atoms with E-state index >= 15 is 0 Å². The van der Waals surface area contributed by atoms with Crippen LogP contribution in [0.4, 0.5) is 5.69 Å². The second kappa shape index (κ2) is 5.59. The van der Waals surface area contributed by atoms with Crippen molar-refractivity contribution >= 4 is 5.69 Å². The Morgan fingerprint density at radius 3 is 2.67 bits per heavy atom. The molecule has 0 bridgehead atoms. The highest BCUT2D eigenvalue weighted by atomic mass is 16.5. The molecule has 0 saturated carbocycles. The van der Waals surface area contributed by atoms with Crippen molar-refractivity contribution in [3.63, 3.8) is 0 Å². The van der Waals surface area contributed by atoms with E-state index in [1.54, 1.807) is 7.11 Å². The van der Waals surface area contributed by atoms with Crippen LogP contribution in [0, 0.1) is 0 Å². The zero-order valence-electron chi connectivity index (χ0n) is 11.3. The van der Waals surface area contributed by atoms with Crippen LogP contribution in [0.5, 0.6) is 5.75 Å². The van der Waals surface area contributed by atoms with Gasteiger partial charge in [-0.2, -0.15) is 0 Å². The van der Waals surface area contributed by atoms with Crippen LogP contribution in [-0.2, 0) is 0 Å². The number of nitrogens with one attached hydrogen (secondary N) is 1. The Bertz CT molecular complexity index is 379. The van der Waals surface area contributed by atoms with Crippen LogP contribution in [0.15, 0.2) is 24.3 Å². The highest BCUT2D eigenvalue weighted by molar-refractivity contribution is 5.48. The smallest absolute Gasteiger partial charge is 0.119 e. The number of ether oxygens (including phenoxy) is 1. The first-order valence-corrected chi connectivity index (χ1v) is 6.48. The van der Waals surface area contributed by atoms with Gasteiger partial charge in [-0.05, 0) is 50.7 Å². The van der Waals surface area contributed by atoms with Gasteiger partial charge in [-0.3, -0.25) is 0 Å². The third-order valence-electron chi connectivity index (χ3n) is 3.66. The summed E-state index contributed by atoms with van der Waals surface area (Å²) in [5.74, 6) is 0.878. The Hall–Kier alpha value is -1.26. The van der Waals surface area contributed by atoms with Crippen molar-refractivity contribution in [3.05, 3.63) is 24.3 Å². The molecule has 0 amide bonds. The van der Waals surface area contributed by atoms with Gasteiger partial charge in [0.25, 0.3) is 0 Å². The zero-order valence-corrected chi connectivity index (χ0v) is 11.3. The Kier molecular flexibility index (Phi) is 4.09. The Morgan fingerprint density at radius 1 is 1.39 bits per heavy atom. The van der Waals surface area contributed by atoms with Crippen molar-refractivity contribution in [1.82, 2.24) is 4.90 Å². The van der Waals surface area contributed by atoms with Crippen LogP contribution in [0.25, 0.3) is 0 Å². The van der Waals surface area contributed by atoms with Gasteiger partial charge in [0.15, 0.2) is 0 Å². The topological polar surface area (TPSA) is 50.5 Å². The van der Waals surface area contributed by atoms with E-state index in [-0.39, 0.29) is 5.54 Å². The normalized spacial score (nSPS) is 24.8. The van der Waals surface area contributed by atoms with E-state index in [4.69, 9.17) is 10.5 Å². The largest absolute Gasteiger partial charge is 0.497 e. The molecule has 4 nitrogen and oxygen atoms in total. The van der Waals surface area contributed by atoms with Gasteiger partial charge in [-0.25, -0.2) is 0 Å². The minimum Gasteiger partial charge on any atom is -0.497 e. The van der Waals surface area contributed by atoms with E-state index in [9.17, 15) is 0 Å². The standard InChI is InChI=1S/C14H23N3O/c1-17-9-3-8-14(10-15,11-17)16-12-4-6-13(18-2)7-5-12/h4-7,16H,3,8-11,15H2,1-2H3. The van der Waals surface area contributed by atoms with Crippen LogP contribution in [-0.4, -0.2) is 44.2 Å². The molecule has 1 fully saturated rings. The van der Waals surface area contributed by atoms with Crippen molar-refractivity contribution in [3.8, 4) is 5.75 Å². The number of benzene rings is 1. The molecular formula is C14H23N3O. The number of nitrogens with zero attached hydrogens (tertiary/aromatic N) is 1. The summed E-state index contributed by atoms with van der Waals surface area (Å²) in [5, 5.41) is 3.60. The molecule has 18 heavy (non-hydrogen) atoms. The fraction of sp³-hybridized carbons (Fsp3) is 0.571. The molecule has 4 heteroatoms. The quantitative estimate of drug-likeness (QED) is 0.849. The summed E-state index contributed by atoms with van der Waals surface area (Å²) in [6.07, 6.45) is 2.32. The average Bonchev–Trinajstić information content (AvgIpc) is 2.39. The average molecular weight is 249 g/mol. The molecule has 1 aromatic carbocycles. The molecule has 0 radical (unpaired) electrons. The minimum absolute atomic E-state index is 0.00158. The first-order chi connectivity index (χ1) is 8.67. The highest BCUT2D eigenvalue weighted by Gasteiger charge is 2.32. The van der Waals surface area contributed by atoms with Gasteiger partial charge in [-0.15, -0.1) is 0 Å². The van der Waals surface area contributed by atoms with Crippen LogP contribution in [0.3, 0.4) is 0 Å². The zero-order chi connectivity index (χ0) is 13.0. The van der Waals surface area contributed by atoms with Gasteiger partial charge in [0, 0.05) is 18.8 Å². The van der Waals surface area contributed by atoms with Gasteiger partial charge >= 0.3 is 0 Å². The monoisotopic (exact) mass is 249 g/mol. The molecule has 1 unspecified atom stereocenters. The lowest BCUT2D eigenvalue weighted by Gasteiger charge is -2.42. The first-order valence-electron chi connectivity index (χ1n) is 6.48. The van der Waals surface area contributed by atoms with Gasteiger partial charge in [0.2, 0.25) is 0 Å². The summed E-state index contributed by atoms with van der Waals surface area (Å²) < 4.78 is 5.17. The summed E-state index contributed by atoms with van der Waals surface area (Å²) in [6.45, 7) is 2.81.